The Labute approximate surface area is 187 Å². The fourth-order valence-electron chi connectivity index (χ4n) is 3.08. The Kier molecular flexibility index (Phi) is 7.60. The van der Waals surface area contributed by atoms with Crippen molar-refractivity contribution in [2.75, 3.05) is 17.7 Å². The summed E-state index contributed by atoms with van der Waals surface area (Å²) >= 11 is 6.99. The van der Waals surface area contributed by atoms with Gasteiger partial charge in [-0.2, -0.15) is 0 Å². The molecule has 2 N–H and O–H groups in total. The number of hydrogen-bond acceptors (Lipinski definition) is 4. The first kappa shape index (κ1) is 22.0. The standard InChI is InChI=1S/C24H26N2O2S2/c1-4-16(2)18-10-12-19(13-11-18)25-24(29)26-22-21(23(27)28-3)15-20(30-22)14-17-8-6-5-7-9-17/h5-13,15-16H,4,14H2,1-3H3,(H2,25,26,29). The third kappa shape index (κ3) is 5.68. The van der Waals surface area contributed by atoms with Crippen molar-refractivity contribution in [1.29, 1.82) is 0 Å². The lowest BCUT2D eigenvalue weighted by Gasteiger charge is -2.12. The van der Waals surface area contributed by atoms with Gasteiger partial charge < -0.3 is 15.4 Å². The van der Waals surface area contributed by atoms with Crippen molar-refractivity contribution < 1.29 is 9.53 Å². The number of hydrogen-bond donors (Lipinski definition) is 2. The molecule has 0 fully saturated rings. The summed E-state index contributed by atoms with van der Waals surface area (Å²) in [6.45, 7) is 4.40. The SMILES string of the molecule is CCC(C)c1ccc(NC(=S)Nc2sc(Cc3ccccc3)cc2C(=O)OC)cc1. The molecule has 0 radical (unpaired) electrons. The molecular formula is C24H26N2O2S2. The van der Waals surface area contributed by atoms with Crippen LogP contribution in [-0.4, -0.2) is 18.2 Å². The van der Waals surface area contributed by atoms with Crippen molar-refractivity contribution in [3.8, 4) is 0 Å². The first-order valence-corrected chi connectivity index (χ1v) is 11.2. The van der Waals surface area contributed by atoms with Gasteiger partial charge >= 0.3 is 5.97 Å². The number of nitrogens with one attached hydrogen (secondary N) is 2. The number of esters is 1. The molecule has 0 spiro atoms. The van der Waals surface area contributed by atoms with Crippen molar-refractivity contribution >= 4 is 45.3 Å². The number of carbonyl (C=O) groups excluding carboxylic acids is 1. The molecule has 0 aliphatic carbocycles. The predicted octanol–water partition coefficient (Wildman–Crippen LogP) is 6.45. The number of thiophene rings is 1. The van der Waals surface area contributed by atoms with Gasteiger partial charge in [0.05, 0.1) is 12.7 Å². The molecule has 156 valence electrons. The fraction of sp³-hybridized carbons (Fsp3) is 0.250. The van der Waals surface area contributed by atoms with Crippen molar-refractivity contribution in [2.24, 2.45) is 0 Å². The van der Waals surface area contributed by atoms with Gasteiger partial charge in [0, 0.05) is 17.0 Å². The monoisotopic (exact) mass is 438 g/mol. The molecule has 0 saturated heterocycles. The molecule has 1 atom stereocenters. The van der Waals surface area contributed by atoms with Crippen molar-refractivity contribution in [3.05, 3.63) is 82.2 Å². The molecule has 1 heterocycles. The normalized spacial score (nSPS) is 11.6. The molecule has 1 unspecified atom stereocenters. The molecule has 3 rings (SSSR count). The maximum atomic E-state index is 12.3. The number of methoxy groups -OCH3 is 1. The van der Waals surface area contributed by atoms with Crippen LogP contribution in [0.25, 0.3) is 0 Å². The Morgan fingerprint density at radius 3 is 2.43 bits per heavy atom. The van der Waals surface area contributed by atoms with E-state index in [-0.39, 0.29) is 5.97 Å². The van der Waals surface area contributed by atoms with Gasteiger partial charge in [-0.15, -0.1) is 11.3 Å². The number of carbonyl (C=O) groups is 1. The van der Waals surface area contributed by atoms with Gasteiger partial charge in [-0.05, 0) is 53.9 Å². The lowest BCUT2D eigenvalue weighted by atomic mass is 9.99. The van der Waals surface area contributed by atoms with E-state index in [4.69, 9.17) is 17.0 Å². The third-order valence-electron chi connectivity index (χ3n) is 4.99. The zero-order valence-corrected chi connectivity index (χ0v) is 19.0. The van der Waals surface area contributed by atoms with Crippen LogP contribution in [0.3, 0.4) is 0 Å². The average Bonchev–Trinajstić information content (AvgIpc) is 3.15. The molecule has 2 aromatic carbocycles. The summed E-state index contributed by atoms with van der Waals surface area (Å²) in [5.74, 6) is 0.148. The Bertz CT molecular complexity index is 998. The van der Waals surface area contributed by atoms with E-state index in [1.54, 1.807) is 0 Å². The molecule has 6 heteroatoms. The first-order valence-electron chi connectivity index (χ1n) is 9.93. The number of rotatable bonds is 7. The van der Waals surface area contributed by atoms with Crippen LogP contribution in [0.4, 0.5) is 10.7 Å². The minimum absolute atomic E-state index is 0.381. The van der Waals surface area contributed by atoms with Crippen LogP contribution in [0, 0.1) is 0 Å². The highest BCUT2D eigenvalue weighted by atomic mass is 32.1. The number of ether oxygens (including phenoxy) is 1. The summed E-state index contributed by atoms with van der Waals surface area (Å²) < 4.78 is 4.95. The maximum absolute atomic E-state index is 12.3. The van der Waals surface area contributed by atoms with Gasteiger partial charge in [0.2, 0.25) is 0 Å². The van der Waals surface area contributed by atoms with Crippen LogP contribution in [0.15, 0.2) is 60.7 Å². The van der Waals surface area contributed by atoms with E-state index >= 15 is 0 Å². The molecule has 30 heavy (non-hydrogen) atoms. The summed E-state index contributed by atoms with van der Waals surface area (Å²) in [6.07, 6.45) is 1.85. The largest absolute Gasteiger partial charge is 0.465 e. The van der Waals surface area contributed by atoms with Crippen LogP contribution >= 0.6 is 23.6 Å². The lowest BCUT2D eigenvalue weighted by molar-refractivity contribution is 0.0602. The minimum Gasteiger partial charge on any atom is -0.465 e. The molecule has 0 saturated carbocycles. The molecule has 0 aliphatic heterocycles. The summed E-state index contributed by atoms with van der Waals surface area (Å²) in [4.78, 5) is 13.3. The van der Waals surface area contributed by atoms with Gasteiger partial charge in [0.15, 0.2) is 5.11 Å². The second kappa shape index (κ2) is 10.4. The van der Waals surface area contributed by atoms with Crippen LogP contribution < -0.4 is 10.6 Å². The second-order valence-electron chi connectivity index (χ2n) is 7.12. The Morgan fingerprint density at radius 2 is 1.80 bits per heavy atom. The smallest absolute Gasteiger partial charge is 0.340 e. The van der Waals surface area contributed by atoms with Gasteiger partial charge in [0.1, 0.15) is 5.00 Å². The van der Waals surface area contributed by atoms with E-state index in [9.17, 15) is 4.79 Å². The minimum atomic E-state index is -0.381. The lowest BCUT2D eigenvalue weighted by Crippen LogP contribution is -2.19. The highest BCUT2D eigenvalue weighted by molar-refractivity contribution is 7.80. The van der Waals surface area contributed by atoms with Gasteiger partial charge in [-0.25, -0.2) is 4.79 Å². The Balaban J connectivity index is 1.72. The van der Waals surface area contributed by atoms with Crippen molar-refractivity contribution in [2.45, 2.75) is 32.6 Å². The van der Waals surface area contributed by atoms with Crippen LogP contribution in [0.1, 0.15) is 52.5 Å². The molecule has 0 amide bonds. The number of benzene rings is 2. The van der Waals surface area contributed by atoms with E-state index in [1.807, 2.05) is 36.4 Å². The quantitative estimate of drug-likeness (QED) is 0.328. The zero-order chi connectivity index (χ0) is 21.5. The highest BCUT2D eigenvalue weighted by Gasteiger charge is 2.18. The summed E-state index contributed by atoms with van der Waals surface area (Å²) in [5.41, 5.74) is 3.88. The highest BCUT2D eigenvalue weighted by Crippen LogP contribution is 2.31. The molecule has 4 nitrogen and oxygen atoms in total. The van der Waals surface area contributed by atoms with Gasteiger partial charge in [0.25, 0.3) is 0 Å². The maximum Gasteiger partial charge on any atom is 0.340 e. The average molecular weight is 439 g/mol. The molecular weight excluding hydrogens is 412 g/mol. The number of anilines is 2. The molecule has 0 bridgehead atoms. The Morgan fingerprint density at radius 1 is 1.10 bits per heavy atom. The van der Waals surface area contributed by atoms with E-state index in [2.05, 4.69) is 48.7 Å². The van der Waals surface area contributed by atoms with Crippen LogP contribution in [-0.2, 0) is 11.2 Å². The first-order chi connectivity index (χ1) is 14.5. The van der Waals surface area contributed by atoms with E-state index in [0.717, 1.165) is 23.4 Å². The van der Waals surface area contributed by atoms with Gasteiger partial charge in [-0.1, -0.05) is 56.3 Å². The summed E-state index contributed by atoms with van der Waals surface area (Å²) in [6, 6.07) is 20.3. The third-order valence-corrected chi connectivity index (χ3v) is 6.24. The Hall–Kier alpha value is -2.70. The molecule has 3 aromatic rings. The van der Waals surface area contributed by atoms with E-state index < -0.39 is 0 Å². The summed E-state index contributed by atoms with van der Waals surface area (Å²) in [7, 11) is 1.38. The number of thiocarbonyl (C=S) groups is 1. The predicted molar refractivity (Wildman–Crippen MR) is 130 cm³/mol. The zero-order valence-electron chi connectivity index (χ0n) is 17.4. The van der Waals surface area contributed by atoms with Gasteiger partial charge in [-0.3, -0.25) is 0 Å². The van der Waals surface area contributed by atoms with Crippen LogP contribution in [0.2, 0.25) is 0 Å². The molecule has 0 aliphatic rings. The van der Waals surface area contributed by atoms with Crippen LogP contribution in [0.5, 0.6) is 0 Å². The van der Waals surface area contributed by atoms with Crippen molar-refractivity contribution in [1.82, 2.24) is 0 Å². The fourth-order valence-corrected chi connectivity index (χ4v) is 4.44. The molecule has 1 aromatic heterocycles. The van der Waals surface area contributed by atoms with Crippen molar-refractivity contribution in [3.63, 3.8) is 0 Å². The topological polar surface area (TPSA) is 50.4 Å². The second-order valence-corrected chi connectivity index (χ2v) is 8.66. The summed E-state index contributed by atoms with van der Waals surface area (Å²) in [5, 5.41) is 7.48. The van der Waals surface area contributed by atoms with E-state index in [0.29, 0.717) is 21.6 Å². The van der Waals surface area contributed by atoms with E-state index in [1.165, 1.54) is 29.6 Å².